The number of rotatable bonds is 5. The van der Waals surface area contributed by atoms with Crippen LogP contribution in [0, 0.1) is 5.92 Å². The van der Waals surface area contributed by atoms with Crippen molar-refractivity contribution < 1.29 is 18.3 Å². The van der Waals surface area contributed by atoms with E-state index in [4.69, 9.17) is 5.11 Å². The molecule has 1 atom stereocenters. The van der Waals surface area contributed by atoms with E-state index in [1.807, 2.05) is 17.5 Å². The second kappa shape index (κ2) is 6.00. The third kappa shape index (κ3) is 3.75. The highest BCUT2D eigenvalue weighted by molar-refractivity contribution is 7.87. The van der Waals surface area contributed by atoms with Gasteiger partial charge in [-0.3, -0.25) is 4.79 Å². The average molecular weight is 304 g/mol. The van der Waals surface area contributed by atoms with Crippen LogP contribution in [0.4, 0.5) is 0 Å². The lowest BCUT2D eigenvalue weighted by Crippen LogP contribution is -2.47. The summed E-state index contributed by atoms with van der Waals surface area (Å²) >= 11 is 1.48. The molecule has 1 aromatic heterocycles. The molecular formula is C11H16N2O4S2. The van der Waals surface area contributed by atoms with Gasteiger partial charge in [0.15, 0.2) is 0 Å². The lowest BCUT2D eigenvalue weighted by atomic mass is 10.0. The predicted octanol–water partition coefficient (Wildman–Crippen LogP) is 0.879. The van der Waals surface area contributed by atoms with Crippen molar-refractivity contribution in [2.24, 2.45) is 5.92 Å². The quantitative estimate of drug-likeness (QED) is 0.845. The van der Waals surface area contributed by atoms with Crippen LogP contribution in [0.1, 0.15) is 17.7 Å². The number of thiophene rings is 1. The molecule has 0 amide bonds. The van der Waals surface area contributed by atoms with E-state index >= 15 is 0 Å². The van der Waals surface area contributed by atoms with Crippen LogP contribution in [-0.2, 0) is 21.5 Å². The molecule has 1 unspecified atom stereocenters. The first-order valence-electron chi connectivity index (χ1n) is 5.99. The zero-order chi connectivity index (χ0) is 13.9. The van der Waals surface area contributed by atoms with Gasteiger partial charge in [0.05, 0.1) is 5.92 Å². The topological polar surface area (TPSA) is 86.7 Å². The van der Waals surface area contributed by atoms with Crippen molar-refractivity contribution in [1.29, 1.82) is 0 Å². The van der Waals surface area contributed by atoms with Gasteiger partial charge in [0.1, 0.15) is 0 Å². The van der Waals surface area contributed by atoms with E-state index in [-0.39, 0.29) is 13.1 Å². The molecule has 2 heterocycles. The number of carboxylic acid groups (broad SMARTS) is 1. The second-order valence-corrected chi connectivity index (χ2v) is 7.23. The Labute approximate surface area is 116 Å². The highest BCUT2D eigenvalue weighted by Crippen LogP contribution is 2.19. The standard InChI is InChI=1S/C11H16N2O4S2/c14-11(15)9-3-1-5-13(8-9)19(16,17)12-7-10-4-2-6-18-10/h2,4,6,9,12H,1,3,5,7-8H2,(H,14,15). The number of nitrogens with zero attached hydrogens (tertiary/aromatic N) is 1. The predicted molar refractivity (Wildman–Crippen MR) is 72.0 cm³/mol. The average Bonchev–Trinajstić information content (AvgIpc) is 2.90. The molecule has 2 rings (SSSR count). The molecular weight excluding hydrogens is 288 g/mol. The van der Waals surface area contributed by atoms with Crippen LogP contribution in [0.3, 0.4) is 0 Å². The highest BCUT2D eigenvalue weighted by atomic mass is 32.2. The Hall–Kier alpha value is -0.960. The Balaban J connectivity index is 1.96. The first kappa shape index (κ1) is 14.4. The van der Waals surface area contributed by atoms with Gasteiger partial charge in [0.25, 0.3) is 10.2 Å². The summed E-state index contributed by atoms with van der Waals surface area (Å²) in [6, 6.07) is 3.71. The van der Waals surface area contributed by atoms with E-state index in [2.05, 4.69) is 4.72 Å². The number of carbonyl (C=O) groups is 1. The minimum Gasteiger partial charge on any atom is -0.481 e. The second-order valence-electron chi connectivity index (χ2n) is 4.44. The number of hydrogen-bond donors (Lipinski definition) is 2. The van der Waals surface area contributed by atoms with Crippen molar-refractivity contribution in [3.05, 3.63) is 22.4 Å². The van der Waals surface area contributed by atoms with Gasteiger partial charge in [0, 0.05) is 24.5 Å². The number of aliphatic carboxylic acids is 1. The Kier molecular flexibility index (Phi) is 4.56. The lowest BCUT2D eigenvalue weighted by Gasteiger charge is -2.29. The summed E-state index contributed by atoms with van der Waals surface area (Å²) in [7, 11) is -3.60. The Morgan fingerprint density at radius 3 is 3.00 bits per heavy atom. The van der Waals surface area contributed by atoms with Gasteiger partial charge >= 0.3 is 5.97 Å². The van der Waals surface area contributed by atoms with Gasteiger partial charge in [-0.25, -0.2) is 0 Å². The van der Waals surface area contributed by atoms with E-state index in [9.17, 15) is 13.2 Å². The van der Waals surface area contributed by atoms with Crippen molar-refractivity contribution in [2.75, 3.05) is 13.1 Å². The molecule has 0 radical (unpaired) electrons. The van der Waals surface area contributed by atoms with Crippen LogP contribution in [0.2, 0.25) is 0 Å². The fraction of sp³-hybridized carbons (Fsp3) is 0.545. The molecule has 1 aromatic rings. The van der Waals surface area contributed by atoms with Crippen molar-refractivity contribution in [3.63, 3.8) is 0 Å². The minimum absolute atomic E-state index is 0.0507. The van der Waals surface area contributed by atoms with Crippen molar-refractivity contribution >= 4 is 27.5 Å². The molecule has 0 spiro atoms. The van der Waals surface area contributed by atoms with Crippen LogP contribution in [0.25, 0.3) is 0 Å². The number of piperidine rings is 1. The summed E-state index contributed by atoms with van der Waals surface area (Å²) in [6.45, 7) is 0.674. The summed E-state index contributed by atoms with van der Waals surface area (Å²) in [4.78, 5) is 11.9. The zero-order valence-electron chi connectivity index (χ0n) is 10.3. The maximum atomic E-state index is 12.1. The summed E-state index contributed by atoms with van der Waals surface area (Å²) < 4.78 is 27.9. The molecule has 1 saturated heterocycles. The highest BCUT2D eigenvalue weighted by Gasteiger charge is 2.31. The Morgan fingerprint density at radius 1 is 1.58 bits per heavy atom. The first-order valence-corrected chi connectivity index (χ1v) is 8.31. The van der Waals surface area contributed by atoms with Gasteiger partial charge < -0.3 is 5.11 Å². The zero-order valence-corrected chi connectivity index (χ0v) is 11.9. The van der Waals surface area contributed by atoms with Crippen LogP contribution >= 0.6 is 11.3 Å². The van der Waals surface area contributed by atoms with Crippen molar-refractivity contribution in [1.82, 2.24) is 9.03 Å². The molecule has 0 bridgehead atoms. The Morgan fingerprint density at radius 2 is 2.37 bits per heavy atom. The molecule has 19 heavy (non-hydrogen) atoms. The van der Waals surface area contributed by atoms with E-state index in [0.29, 0.717) is 19.4 Å². The fourth-order valence-electron chi connectivity index (χ4n) is 2.03. The van der Waals surface area contributed by atoms with Gasteiger partial charge in [-0.2, -0.15) is 17.4 Å². The molecule has 0 aliphatic carbocycles. The molecule has 6 nitrogen and oxygen atoms in total. The molecule has 1 aliphatic heterocycles. The van der Waals surface area contributed by atoms with E-state index in [1.165, 1.54) is 15.6 Å². The lowest BCUT2D eigenvalue weighted by molar-refractivity contribution is -0.142. The van der Waals surface area contributed by atoms with E-state index in [0.717, 1.165) is 4.88 Å². The van der Waals surface area contributed by atoms with Crippen molar-refractivity contribution in [3.8, 4) is 0 Å². The maximum absolute atomic E-state index is 12.1. The van der Waals surface area contributed by atoms with Gasteiger partial charge in [-0.1, -0.05) is 6.07 Å². The molecule has 1 fully saturated rings. The Bertz CT molecular complexity index is 527. The summed E-state index contributed by atoms with van der Waals surface area (Å²) in [5, 5.41) is 10.8. The molecule has 1 aliphatic rings. The number of nitrogens with one attached hydrogen (secondary N) is 1. The largest absolute Gasteiger partial charge is 0.481 e. The first-order chi connectivity index (χ1) is 8.99. The van der Waals surface area contributed by atoms with Crippen molar-refractivity contribution in [2.45, 2.75) is 19.4 Å². The molecule has 2 N–H and O–H groups in total. The smallest absolute Gasteiger partial charge is 0.307 e. The molecule has 8 heteroatoms. The number of carboxylic acids is 1. The van der Waals surface area contributed by atoms with Crippen LogP contribution in [-0.4, -0.2) is 36.9 Å². The summed E-state index contributed by atoms with van der Waals surface area (Å²) in [6.07, 6.45) is 1.11. The van der Waals surface area contributed by atoms with Crippen LogP contribution < -0.4 is 4.72 Å². The van der Waals surface area contributed by atoms with E-state index in [1.54, 1.807) is 0 Å². The molecule has 0 saturated carbocycles. The van der Waals surface area contributed by atoms with Gasteiger partial charge in [0.2, 0.25) is 0 Å². The number of hydrogen-bond acceptors (Lipinski definition) is 4. The minimum atomic E-state index is -3.60. The van der Waals surface area contributed by atoms with Gasteiger partial charge in [-0.05, 0) is 24.3 Å². The van der Waals surface area contributed by atoms with Crippen LogP contribution in [0.5, 0.6) is 0 Å². The summed E-state index contributed by atoms with van der Waals surface area (Å²) in [5.41, 5.74) is 0. The van der Waals surface area contributed by atoms with Gasteiger partial charge in [-0.15, -0.1) is 11.3 Å². The van der Waals surface area contributed by atoms with Crippen LogP contribution in [0.15, 0.2) is 17.5 Å². The third-order valence-electron chi connectivity index (χ3n) is 3.08. The third-order valence-corrected chi connectivity index (χ3v) is 5.48. The fourth-order valence-corrected chi connectivity index (χ4v) is 4.03. The maximum Gasteiger partial charge on any atom is 0.307 e. The molecule has 0 aromatic carbocycles. The SMILES string of the molecule is O=C(O)C1CCCN(S(=O)(=O)NCc2cccs2)C1. The summed E-state index contributed by atoms with van der Waals surface area (Å²) in [5.74, 6) is -1.54. The monoisotopic (exact) mass is 304 g/mol. The van der Waals surface area contributed by atoms with E-state index < -0.39 is 22.1 Å². The molecule has 106 valence electrons. The normalized spacial score (nSPS) is 21.4.